The molecule has 0 saturated heterocycles. The van der Waals surface area contributed by atoms with Crippen molar-refractivity contribution in [3.8, 4) is 0 Å². The first-order valence-corrected chi connectivity index (χ1v) is 25.3. The lowest BCUT2D eigenvalue weighted by Gasteiger charge is -2.31. The molecule has 12 rings (SSSR count). The zero-order valence-electron chi connectivity index (χ0n) is 42.0. The minimum absolute atomic E-state index is 0.344. The minimum Gasteiger partial charge on any atom is -0.454 e. The molecular weight excluding hydrogens is 853 g/mol. The molecule has 0 atom stereocenters. The van der Waals surface area contributed by atoms with Crippen LogP contribution >= 0.6 is 0 Å². The molecule has 0 aliphatic rings. The van der Waals surface area contributed by atoms with Crippen molar-refractivity contribution in [1.82, 2.24) is 0 Å². The van der Waals surface area contributed by atoms with Gasteiger partial charge >= 0.3 is 0 Å². The molecule has 0 spiro atoms. The van der Waals surface area contributed by atoms with Gasteiger partial charge in [-0.05, 0) is 153 Å². The van der Waals surface area contributed by atoms with Gasteiger partial charge in [-0.25, -0.2) is 0 Å². The topological polar surface area (TPSA) is 32.8 Å². The Labute approximate surface area is 411 Å². The summed E-state index contributed by atoms with van der Waals surface area (Å²) >= 11 is 0. The molecule has 0 unspecified atom stereocenters. The quantitative estimate of drug-likeness (QED) is 0.128. The summed E-state index contributed by atoms with van der Waals surface area (Å²) in [5.74, 6) is 1.38. The third-order valence-electron chi connectivity index (χ3n) is 15.1. The number of fused-ring (bicyclic) bond motifs is 6. The lowest BCUT2D eigenvalue weighted by Crippen LogP contribution is -2.14. The molecule has 12 aromatic rings. The fraction of sp³-hybridized carbons (Fsp3) is 0.212. The molecule has 0 radical (unpaired) electrons. The van der Waals surface area contributed by atoms with Crippen LogP contribution in [0.3, 0.4) is 0 Å². The van der Waals surface area contributed by atoms with E-state index in [0.717, 1.165) is 78.0 Å². The van der Waals surface area contributed by atoms with Gasteiger partial charge in [-0.1, -0.05) is 152 Å². The van der Waals surface area contributed by atoms with Crippen LogP contribution in [0.1, 0.15) is 112 Å². The second kappa shape index (κ2) is 16.6. The predicted octanol–water partition coefficient (Wildman–Crippen LogP) is 20.4. The first-order valence-electron chi connectivity index (χ1n) is 25.3. The largest absolute Gasteiger partial charge is 0.454 e. The lowest BCUT2D eigenvalue weighted by molar-refractivity contribution is 0.668. The number of rotatable bonds is 10. The normalized spacial score (nSPS) is 12.4. The zero-order valence-corrected chi connectivity index (χ0v) is 42.0. The van der Waals surface area contributed by atoms with Crippen LogP contribution in [0.25, 0.3) is 76.2 Å². The maximum Gasteiger partial charge on any atom is 0.159 e. The van der Waals surface area contributed by atoms with E-state index in [2.05, 4.69) is 237 Å². The Bertz CT molecular complexity index is 3700. The van der Waals surface area contributed by atoms with Gasteiger partial charge in [-0.2, -0.15) is 0 Å². The summed E-state index contributed by atoms with van der Waals surface area (Å²) in [6.45, 7) is 23.0. The van der Waals surface area contributed by atoms with Crippen LogP contribution in [0.15, 0.2) is 167 Å². The molecule has 2 aromatic heterocycles. The molecule has 0 aliphatic heterocycles. The second-order valence-corrected chi connectivity index (χ2v) is 21.0. The molecule has 4 heteroatoms. The van der Waals surface area contributed by atoms with Crippen molar-refractivity contribution < 1.29 is 8.83 Å². The summed E-state index contributed by atoms with van der Waals surface area (Å²) < 4.78 is 13.8. The first-order chi connectivity index (χ1) is 33.8. The van der Waals surface area contributed by atoms with Crippen molar-refractivity contribution in [2.24, 2.45) is 0 Å². The van der Waals surface area contributed by atoms with Gasteiger partial charge in [-0.3, -0.25) is 0 Å². The molecule has 4 nitrogen and oxygen atoms in total. The van der Waals surface area contributed by atoms with E-state index >= 15 is 0 Å². The molecule has 10 aromatic carbocycles. The highest BCUT2D eigenvalue weighted by atomic mass is 16.3. The molecular formula is C66H60N2O2. The third kappa shape index (κ3) is 6.86. The summed E-state index contributed by atoms with van der Waals surface area (Å²) in [6.07, 6.45) is 0. The summed E-state index contributed by atoms with van der Waals surface area (Å²) in [4.78, 5) is 4.99. The summed E-state index contributed by atoms with van der Waals surface area (Å²) in [5, 5.41) is 11.9. The number of anilines is 6. The summed E-state index contributed by atoms with van der Waals surface area (Å²) in [6, 6.07) is 58.8. The fourth-order valence-electron chi connectivity index (χ4n) is 11.2. The van der Waals surface area contributed by atoms with Crippen LogP contribution < -0.4 is 9.80 Å². The molecule has 0 aliphatic carbocycles. The number of nitrogens with zero attached hydrogens (tertiary/aromatic N) is 2. The van der Waals surface area contributed by atoms with E-state index in [1.54, 1.807) is 0 Å². The van der Waals surface area contributed by atoms with Gasteiger partial charge in [0, 0.05) is 43.7 Å². The van der Waals surface area contributed by atoms with Crippen molar-refractivity contribution in [2.75, 3.05) is 9.80 Å². The Balaban J connectivity index is 1.19. The Morgan fingerprint density at radius 2 is 0.657 bits per heavy atom. The van der Waals surface area contributed by atoms with Crippen LogP contribution in [-0.2, 0) is 0 Å². The molecule has 0 bridgehead atoms. The maximum atomic E-state index is 6.90. The summed E-state index contributed by atoms with van der Waals surface area (Å²) in [5.41, 5.74) is 17.8. The highest BCUT2D eigenvalue weighted by molar-refractivity contribution is 6.30. The smallest absolute Gasteiger partial charge is 0.159 e. The van der Waals surface area contributed by atoms with Gasteiger partial charge < -0.3 is 18.6 Å². The van der Waals surface area contributed by atoms with Crippen molar-refractivity contribution in [2.45, 2.75) is 92.9 Å². The van der Waals surface area contributed by atoms with Crippen LogP contribution in [-0.4, -0.2) is 0 Å². The first kappa shape index (κ1) is 43.7. The summed E-state index contributed by atoms with van der Waals surface area (Å²) in [7, 11) is 0. The standard InChI is InChI=1S/C66H60N2O2/c1-37(2)43-31-44(38(3)4)34-47(33-43)67(57-21-15-19-53-51-17-11-13-23-61(51)69-65(53)57)59-29-41(9)49-26-28-56-60(30-42(10)50-25-27-55(59)63(49)64(50)56)68(48-35-45(39(5)6)32-46(36-48)40(7)8)58-22-16-20-54-52-18-12-14-24-62(52)70-66(54)58/h11-40H,1-10H3. The SMILES string of the molecule is Cc1cc(N(c2cc(C(C)C)cc(C(C)C)c2)c2cccc3c2oc2ccccc23)c2ccc3c(C)cc(N(c4cc(C(C)C)cc(C(C)C)c4)c4cccc5c4oc4ccccc45)c4ccc1c2c34. The molecule has 0 N–H and O–H groups in total. The van der Waals surface area contributed by atoms with Gasteiger partial charge in [0.2, 0.25) is 0 Å². The average molecular weight is 913 g/mol. The number of para-hydroxylation sites is 4. The number of benzene rings is 10. The monoisotopic (exact) mass is 912 g/mol. The van der Waals surface area contributed by atoms with Crippen molar-refractivity contribution in [1.29, 1.82) is 0 Å². The second-order valence-electron chi connectivity index (χ2n) is 21.0. The van der Waals surface area contributed by atoms with Gasteiger partial charge in [0.05, 0.1) is 22.7 Å². The lowest BCUT2D eigenvalue weighted by atomic mass is 9.87. The Hall–Kier alpha value is -7.56. The van der Waals surface area contributed by atoms with Crippen LogP contribution in [0.5, 0.6) is 0 Å². The van der Waals surface area contributed by atoms with E-state index in [1.807, 2.05) is 0 Å². The predicted molar refractivity (Wildman–Crippen MR) is 300 cm³/mol. The van der Waals surface area contributed by atoms with E-state index in [4.69, 9.17) is 8.83 Å². The van der Waals surface area contributed by atoms with Crippen molar-refractivity contribution in [3.63, 3.8) is 0 Å². The Kier molecular flexibility index (Phi) is 10.3. The molecule has 70 heavy (non-hydrogen) atoms. The van der Waals surface area contributed by atoms with Crippen LogP contribution in [0.2, 0.25) is 0 Å². The number of hydrogen-bond donors (Lipinski definition) is 0. The zero-order chi connectivity index (χ0) is 48.3. The molecule has 0 fully saturated rings. The van der Waals surface area contributed by atoms with Crippen LogP contribution in [0, 0.1) is 13.8 Å². The number of aryl methyl sites for hydroxylation is 2. The van der Waals surface area contributed by atoms with Gasteiger partial charge in [0.1, 0.15) is 11.2 Å². The molecule has 0 saturated carbocycles. The van der Waals surface area contributed by atoms with Gasteiger partial charge in [-0.15, -0.1) is 0 Å². The average Bonchev–Trinajstić information content (AvgIpc) is 3.94. The van der Waals surface area contributed by atoms with Crippen molar-refractivity contribution >= 4 is 110 Å². The highest BCUT2D eigenvalue weighted by Crippen LogP contribution is 2.52. The van der Waals surface area contributed by atoms with E-state index in [9.17, 15) is 0 Å². The van der Waals surface area contributed by atoms with Crippen molar-refractivity contribution in [3.05, 3.63) is 191 Å². The maximum absolute atomic E-state index is 6.90. The Morgan fingerprint density at radius 1 is 0.314 bits per heavy atom. The third-order valence-corrected chi connectivity index (χ3v) is 15.1. The Morgan fingerprint density at radius 3 is 1.03 bits per heavy atom. The molecule has 0 amide bonds. The van der Waals surface area contributed by atoms with Gasteiger partial charge in [0.25, 0.3) is 0 Å². The van der Waals surface area contributed by atoms with Crippen LogP contribution in [0.4, 0.5) is 34.1 Å². The van der Waals surface area contributed by atoms with Gasteiger partial charge in [0.15, 0.2) is 11.2 Å². The molecule has 2 heterocycles. The number of hydrogen-bond acceptors (Lipinski definition) is 4. The minimum atomic E-state index is 0.344. The van der Waals surface area contributed by atoms with E-state index < -0.39 is 0 Å². The number of furan rings is 2. The van der Waals surface area contributed by atoms with E-state index in [0.29, 0.717) is 23.7 Å². The highest BCUT2D eigenvalue weighted by Gasteiger charge is 2.28. The van der Waals surface area contributed by atoms with E-state index in [-0.39, 0.29) is 0 Å². The molecule has 346 valence electrons. The van der Waals surface area contributed by atoms with E-state index in [1.165, 1.54) is 65.7 Å². The fourth-order valence-corrected chi connectivity index (χ4v) is 11.2.